The number of likely N-dealkylation sites (tertiary alicyclic amines) is 1. The standard InChI is InChI=1S/C33H37N5O3.C2H2O4/c1-40-27-11-12-29-28(19-27)25(20-35-29)13-16-34-33(39)22-37-17-14-24(15-18-37)21-38-31-10-6-5-9-30(31)36-32(38)23-41-26-7-3-2-4-8-26;3-1(4)2(5)6/h2-12,19-20,24,35H,13-18,21-23H2,1H3,(H,34,39);(H,3,4)(H,5,6). The largest absolute Gasteiger partial charge is 0.497 e. The highest BCUT2D eigenvalue weighted by atomic mass is 16.5. The molecule has 4 N–H and O–H groups in total. The van der Waals surface area contributed by atoms with Crippen LogP contribution in [0.4, 0.5) is 0 Å². The third-order valence-corrected chi connectivity index (χ3v) is 8.23. The Hall–Kier alpha value is -5.36. The monoisotopic (exact) mass is 641 g/mol. The van der Waals surface area contributed by atoms with Gasteiger partial charge in [0.2, 0.25) is 5.91 Å². The number of methoxy groups -OCH3 is 1. The second-order valence-electron chi connectivity index (χ2n) is 11.4. The summed E-state index contributed by atoms with van der Waals surface area (Å²) in [7, 11) is 1.68. The summed E-state index contributed by atoms with van der Waals surface area (Å²) in [6, 6.07) is 24.2. The van der Waals surface area contributed by atoms with Crippen molar-refractivity contribution in [3.05, 3.63) is 90.4 Å². The molecule has 3 heterocycles. The van der Waals surface area contributed by atoms with Gasteiger partial charge in [-0.15, -0.1) is 0 Å². The number of carbonyl (C=O) groups is 3. The van der Waals surface area contributed by atoms with Crippen molar-refractivity contribution in [1.82, 2.24) is 24.8 Å². The van der Waals surface area contributed by atoms with E-state index >= 15 is 0 Å². The van der Waals surface area contributed by atoms with Crippen LogP contribution in [0.3, 0.4) is 0 Å². The molecule has 12 nitrogen and oxygen atoms in total. The average Bonchev–Trinajstić information content (AvgIpc) is 3.65. The lowest BCUT2D eigenvalue weighted by molar-refractivity contribution is -0.159. The number of carboxylic acid groups (broad SMARTS) is 2. The number of carboxylic acids is 2. The van der Waals surface area contributed by atoms with Crippen LogP contribution in [0, 0.1) is 5.92 Å². The SMILES string of the molecule is COc1ccc2[nH]cc(CCNC(=O)CN3CCC(Cn4c(COc5ccccc5)nc5ccccc54)CC3)c2c1.O=C(O)C(=O)O. The minimum atomic E-state index is -1.82. The Labute approximate surface area is 271 Å². The second-order valence-corrected chi connectivity index (χ2v) is 11.4. The number of H-pyrrole nitrogens is 1. The van der Waals surface area contributed by atoms with E-state index < -0.39 is 11.9 Å². The van der Waals surface area contributed by atoms with Crippen molar-refractivity contribution >= 4 is 39.8 Å². The molecule has 5 aromatic rings. The van der Waals surface area contributed by atoms with Crippen LogP contribution in [0.5, 0.6) is 11.5 Å². The van der Waals surface area contributed by atoms with E-state index in [1.54, 1.807) is 7.11 Å². The summed E-state index contributed by atoms with van der Waals surface area (Å²) in [5.74, 6) is -0.401. The number of aromatic nitrogens is 3. The third-order valence-electron chi connectivity index (χ3n) is 8.23. The zero-order chi connectivity index (χ0) is 33.2. The fourth-order valence-corrected chi connectivity index (χ4v) is 5.78. The van der Waals surface area contributed by atoms with E-state index in [1.807, 2.05) is 60.8 Å². The number of fused-ring (bicyclic) bond motifs is 2. The summed E-state index contributed by atoms with van der Waals surface area (Å²) in [5.41, 5.74) is 4.41. The number of carbonyl (C=O) groups excluding carboxylic acids is 1. The zero-order valence-electron chi connectivity index (χ0n) is 26.2. The van der Waals surface area contributed by atoms with Crippen molar-refractivity contribution in [1.29, 1.82) is 0 Å². The smallest absolute Gasteiger partial charge is 0.414 e. The highest BCUT2D eigenvalue weighted by molar-refractivity contribution is 6.27. The summed E-state index contributed by atoms with van der Waals surface area (Å²) in [6.07, 6.45) is 4.89. The van der Waals surface area contributed by atoms with Crippen molar-refractivity contribution in [2.24, 2.45) is 5.92 Å². The molecule has 0 atom stereocenters. The van der Waals surface area contributed by atoms with Crippen molar-refractivity contribution in [2.45, 2.75) is 32.4 Å². The maximum absolute atomic E-state index is 12.7. The lowest BCUT2D eigenvalue weighted by atomic mass is 9.96. The normalized spacial score (nSPS) is 13.6. The van der Waals surface area contributed by atoms with Gasteiger partial charge in [-0.2, -0.15) is 0 Å². The molecule has 1 saturated heterocycles. The van der Waals surface area contributed by atoms with Gasteiger partial charge >= 0.3 is 11.9 Å². The third kappa shape index (κ3) is 8.88. The first-order chi connectivity index (χ1) is 22.8. The summed E-state index contributed by atoms with van der Waals surface area (Å²) in [5, 5.41) is 19.0. The average molecular weight is 642 g/mol. The van der Waals surface area contributed by atoms with Gasteiger partial charge in [-0.1, -0.05) is 30.3 Å². The van der Waals surface area contributed by atoms with Gasteiger partial charge in [-0.3, -0.25) is 9.69 Å². The Kier molecular flexibility index (Phi) is 11.1. The van der Waals surface area contributed by atoms with Gasteiger partial charge in [0.15, 0.2) is 0 Å². The molecule has 1 aliphatic rings. The predicted octanol–water partition coefficient (Wildman–Crippen LogP) is 4.33. The van der Waals surface area contributed by atoms with Gasteiger partial charge in [-0.25, -0.2) is 14.6 Å². The quantitative estimate of drug-likeness (QED) is 0.154. The van der Waals surface area contributed by atoms with Crippen molar-refractivity contribution in [3.63, 3.8) is 0 Å². The molecule has 1 fully saturated rings. The maximum Gasteiger partial charge on any atom is 0.414 e. The van der Waals surface area contributed by atoms with Crippen LogP contribution in [0.2, 0.25) is 0 Å². The topological polar surface area (TPSA) is 159 Å². The summed E-state index contributed by atoms with van der Waals surface area (Å²) < 4.78 is 13.7. The fourth-order valence-electron chi connectivity index (χ4n) is 5.78. The minimum absolute atomic E-state index is 0.0850. The molecule has 3 aromatic carbocycles. The molecule has 6 rings (SSSR count). The Balaban J connectivity index is 0.000000662. The van der Waals surface area contributed by atoms with Crippen LogP contribution in [-0.2, 0) is 34.0 Å². The van der Waals surface area contributed by atoms with Gasteiger partial charge in [0.1, 0.15) is 23.9 Å². The van der Waals surface area contributed by atoms with Crippen LogP contribution < -0.4 is 14.8 Å². The minimum Gasteiger partial charge on any atom is -0.497 e. The fraction of sp³-hybridized carbons (Fsp3) is 0.314. The zero-order valence-corrected chi connectivity index (χ0v) is 26.2. The Morgan fingerprint density at radius 3 is 2.40 bits per heavy atom. The highest BCUT2D eigenvalue weighted by Crippen LogP contribution is 2.25. The number of benzene rings is 3. The molecular weight excluding hydrogens is 602 g/mol. The number of hydrogen-bond acceptors (Lipinski definition) is 7. The van der Waals surface area contributed by atoms with E-state index in [9.17, 15) is 4.79 Å². The van der Waals surface area contributed by atoms with Crippen LogP contribution >= 0.6 is 0 Å². The Morgan fingerprint density at radius 2 is 1.68 bits per heavy atom. The summed E-state index contributed by atoms with van der Waals surface area (Å²) in [6.45, 7) is 4.23. The number of aliphatic carboxylic acids is 2. The number of imidazole rings is 1. The van der Waals surface area contributed by atoms with Gasteiger partial charge < -0.3 is 34.6 Å². The molecule has 47 heavy (non-hydrogen) atoms. The molecule has 0 unspecified atom stereocenters. The molecule has 2 aromatic heterocycles. The number of aromatic amines is 1. The van der Waals surface area contributed by atoms with E-state index in [-0.39, 0.29) is 5.91 Å². The second kappa shape index (κ2) is 15.8. The van der Waals surface area contributed by atoms with E-state index in [4.69, 9.17) is 34.3 Å². The molecule has 0 bridgehead atoms. The van der Waals surface area contributed by atoms with Gasteiger partial charge in [0.25, 0.3) is 0 Å². The number of para-hydroxylation sites is 3. The van der Waals surface area contributed by atoms with Crippen LogP contribution in [0.15, 0.2) is 79.0 Å². The molecule has 0 radical (unpaired) electrons. The van der Waals surface area contributed by atoms with Crippen LogP contribution in [0.25, 0.3) is 21.9 Å². The van der Waals surface area contributed by atoms with E-state index in [2.05, 4.69) is 38.0 Å². The molecule has 0 aliphatic carbocycles. The van der Waals surface area contributed by atoms with E-state index in [0.29, 0.717) is 25.6 Å². The first-order valence-corrected chi connectivity index (χ1v) is 15.5. The van der Waals surface area contributed by atoms with Crippen LogP contribution in [-0.4, -0.2) is 80.8 Å². The first kappa shape index (κ1) is 33.0. The molecular formula is C35H39N5O7. The number of nitrogens with one attached hydrogen (secondary N) is 2. The first-order valence-electron chi connectivity index (χ1n) is 15.5. The summed E-state index contributed by atoms with van der Waals surface area (Å²) in [4.78, 5) is 41.4. The number of hydrogen-bond donors (Lipinski definition) is 4. The molecule has 1 aliphatic heterocycles. The molecule has 0 spiro atoms. The summed E-state index contributed by atoms with van der Waals surface area (Å²) >= 11 is 0. The Morgan fingerprint density at radius 1 is 0.957 bits per heavy atom. The van der Waals surface area contributed by atoms with Gasteiger partial charge in [0.05, 0.1) is 24.7 Å². The number of ether oxygens (including phenoxy) is 2. The van der Waals surface area contributed by atoms with E-state index in [1.165, 1.54) is 5.56 Å². The van der Waals surface area contributed by atoms with Crippen molar-refractivity contribution in [2.75, 3.05) is 33.3 Å². The number of rotatable bonds is 11. The van der Waals surface area contributed by atoms with Crippen LogP contribution in [0.1, 0.15) is 24.2 Å². The number of amides is 1. The maximum atomic E-state index is 12.7. The molecule has 0 saturated carbocycles. The molecule has 1 amide bonds. The lowest BCUT2D eigenvalue weighted by Gasteiger charge is -2.32. The van der Waals surface area contributed by atoms with Gasteiger partial charge in [-0.05, 0) is 86.3 Å². The number of piperidine rings is 1. The molecule has 246 valence electrons. The van der Waals surface area contributed by atoms with E-state index in [0.717, 1.165) is 78.2 Å². The lowest BCUT2D eigenvalue weighted by Crippen LogP contribution is -2.42. The van der Waals surface area contributed by atoms with Crippen molar-refractivity contribution in [3.8, 4) is 11.5 Å². The van der Waals surface area contributed by atoms with Crippen molar-refractivity contribution < 1.29 is 34.1 Å². The Bertz CT molecular complexity index is 1800. The highest BCUT2D eigenvalue weighted by Gasteiger charge is 2.23. The predicted molar refractivity (Wildman–Crippen MR) is 177 cm³/mol. The molecule has 12 heteroatoms. The number of nitrogens with zero attached hydrogens (tertiary/aromatic N) is 3. The van der Waals surface area contributed by atoms with Gasteiger partial charge in [0, 0.05) is 30.2 Å².